The topological polar surface area (TPSA) is 101 Å². The normalized spacial score (nSPS) is 23.8. The van der Waals surface area contributed by atoms with Gasteiger partial charge in [-0.15, -0.1) is 16.4 Å². The van der Waals surface area contributed by atoms with Crippen LogP contribution in [0.3, 0.4) is 0 Å². The first kappa shape index (κ1) is 23.2. The summed E-state index contributed by atoms with van der Waals surface area (Å²) in [7, 11) is 0. The van der Waals surface area contributed by atoms with Gasteiger partial charge in [-0.25, -0.2) is 4.98 Å². The molecule has 37 heavy (non-hydrogen) atoms. The molecule has 3 fully saturated rings. The summed E-state index contributed by atoms with van der Waals surface area (Å²) >= 11 is 7.72. The number of aryl methyl sites for hydroxylation is 1. The Hall–Kier alpha value is -2.95. The van der Waals surface area contributed by atoms with E-state index >= 15 is 0 Å². The molecule has 0 radical (unpaired) electrons. The first-order chi connectivity index (χ1) is 18.0. The van der Waals surface area contributed by atoms with Gasteiger partial charge in [-0.3, -0.25) is 4.90 Å². The van der Waals surface area contributed by atoms with Crippen molar-refractivity contribution < 1.29 is 0 Å². The Morgan fingerprint density at radius 2 is 1.84 bits per heavy atom. The monoisotopic (exact) mass is 535 g/mol. The quantitative estimate of drug-likeness (QED) is 0.349. The minimum atomic E-state index is 0.153. The number of halogens is 1. The number of nitrogen functional groups attached to an aromatic ring is 1. The van der Waals surface area contributed by atoms with Crippen LogP contribution in [0.4, 0.5) is 23.3 Å². The molecule has 3 N–H and O–H groups in total. The molecule has 192 valence electrons. The van der Waals surface area contributed by atoms with Gasteiger partial charge >= 0.3 is 0 Å². The number of rotatable bonds is 5. The second-order valence-corrected chi connectivity index (χ2v) is 11.8. The van der Waals surface area contributed by atoms with E-state index in [9.17, 15) is 0 Å². The third kappa shape index (κ3) is 4.20. The zero-order valence-corrected chi connectivity index (χ0v) is 22.3. The Bertz CT molecular complexity index is 1440. The zero-order chi connectivity index (χ0) is 25.1. The molecular formula is C26H30ClN9S. The highest BCUT2D eigenvalue weighted by molar-refractivity contribution is 7.17. The van der Waals surface area contributed by atoms with Crippen LogP contribution in [0, 0.1) is 18.8 Å². The van der Waals surface area contributed by atoms with Crippen LogP contribution in [-0.2, 0) is 0 Å². The Balaban J connectivity index is 1.03. The Labute approximate surface area is 224 Å². The van der Waals surface area contributed by atoms with Crippen LogP contribution in [0.5, 0.6) is 0 Å². The van der Waals surface area contributed by atoms with Gasteiger partial charge in [0.1, 0.15) is 0 Å². The summed E-state index contributed by atoms with van der Waals surface area (Å²) in [4.78, 5) is 18.4. The molecule has 3 aliphatic rings. The highest BCUT2D eigenvalue weighted by Gasteiger charge is 2.42. The number of nitrogens with zero attached hydrogens (tertiary/aromatic N) is 7. The van der Waals surface area contributed by atoms with E-state index in [2.05, 4.69) is 59.4 Å². The third-order valence-corrected chi connectivity index (χ3v) is 9.60. The van der Waals surface area contributed by atoms with Gasteiger partial charge in [0, 0.05) is 43.6 Å². The summed E-state index contributed by atoms with van der Waals surface area (Å²) < 4.78 is 2.38. The average Bonchev–Trinajstić information content (AvgIpc) is 3.70. The van der Waals surface area contributed by atoms with Gasteiger partial charge in [0.15, 0.2) is 5.82 Å². The fraction of sp³-hybridized carbons (Fsp3) is 0.462. The van der Waals surface area contributed by atoms with E-state index in [1.807, 2.05) is 12.3 Å². The highest BCUT2D eigenvalue weighted by Crippen LogP contribution is 2.46. The molecule has 2 saturated carbocycles. The summed E-state index contributed by atoms with van der Waals surface area (Å²) in [6, 6.07) is 9.30. The molecule has 1 aromatic carbocycles. The van der Waals surface area contributed by atoms with Crippen molar-refractivity contribution in [2.75, 3.05) is 42.1 Å². The smallest absolute Gasteiger partial charge is 0.248 e. The lowest BCUT2D eigenvalue weighted by atomic mass is 9.93. The second kappa shape index (κ2) is 9.11. The van der Waals surface area contributed by atoms with E-state index in [0.717, 1.165) is 52.4 Å². The van der Waals surface area contributed by atoms with Crippen molar-refractivity contribution in [2.45, 2.75) is 38.6 Å². The van der Waals surface area contributed by atoms with Crippen molar-refractivity contribution in [1.29, 1.82) is 0 Å². The van der Waals surface area contributed by atoms with Gasteiger partial charge in [-0.1, -0.05) is 6.42 Å². The number of thiophene rings is 1. The van der Waals surface area contributed by atoms with Crippen molar-refractivity contribution in [1.82, 2.24) is 29.6 Å². The minimum Gasteiger partial charge on any atom is -0.369 e. The molecule has 7 rings (SSSR count). The molecule has 11 heteroatoms. The minimum absolute atomic E-state index is 0.153. The molecule has 0 amide bonds. The van der Waals surface area contributed by atoms with E-state index in [0.29, 0.717) is 11.8 Å². The first-order valence-electron chi connectivity index (χ1n) is 13.0. The highest BCUT2D eigenvalue weighted by atomic mass is 35.5. The number of anilines is 4. The molecule has 1 saturated heterocycles. The molecule has 9 nitrogen and oxygen atoms in total. The molecule has 3 atom stereocenters. The third-order valence-electron chi connectivity index (χ3n) is 8.35. The molecule has 1 aliphatic heterocycles. The zero-order valence-electron chi connectivity index (χ0n) is 20.8. The van der Waals surface area contributed by atoms with Crippen molar-refractivity contribution in [3.05, 3.63) is 40.5 Å². The molecule has 2 aliphatic carbocycles. The van der Waals surface area contributed by atoms with Crippen molar-refractivity contribution in [2.24, 2.45) is 11.8 Å². The van der Waals surface area contributed by atoms with E-state index in [1.165, 1.54) is 60.5 Å². The lowest BCUT2D eigenvalue weighted by Crippen LogP contribution is -2.51. The van der Waals surface area contributed by atoms with E-state index < -0.39 is 0 Å². The SMILES string of the molecule is Cc1csc2c(-n3nc(Nc4ccc(N5CCN([C@H]6C[C@@H]7CC[C@H]6C7)CC5)cc4)nc3N)nc(Cl)nc12. The number of hydrogen-bond donors (Lipinski definition) is 2. The van der Waals surface area contributed by atoms with Gasteiger partial charge in [-0.2, -0.15) is 14.6 Å². The number of nitrogens with one attached hydrogen (secondary N) is 1. The van der Waals surface area contributed by atoms with Gasteiger partial charge in [0.2, 0.25) is 17.2 Å². The van der Waals surface area contributed by atoms with Crippen LogP contribution in [-0.4, -0.2) is 61.9 Å². The van der Waals surface area contributed by atoms with Gasteiger partial charge in [-0.05, 0) is 84.8 Å². The molecule has 4 aromatic rings. The van der Waals surface area contributed by atoms with Crippen molar-refractivity contribution >= 4 is 56.4 Å². The van der Waals surface area contributed by atoms with Crippen LogP contribution in [0.25, 0.3) is 16.0 Å². The summed E-state index contributed by atoms with van der Waals surface area (Å²) in [6.45, 7) is 6.49. The maximum absolute atomic E-state index is 6.21. The molecule has 4 heterocycles. The van der Waals surface area contributed by atoms with E-state index in [-0.39, 0.29) is 11.2 Å². The Morgan fingerprint density at radius 1 is 1.03 bits per heavy atom. The van der Waals surface area contributed by atoms with Crippen molar-refractivity contribution in [3.8, 4) is 5.82 Å². The summed E-state index contributed by atoms with van der Waals surface area (Å²) in [6.07, 6.45) is 5.83. The fourth-order valence-corrected chi connectivity index (χ4v) is 7.65. The average molecular weight is 536 g/mol. The van der Waals surface area contributed by atoms with E-state index in [4.69, 9.17) is 17.3 Å². The lowest BCUT2D eigenvalue weighted by molar-refractivity contribution is 0.135. The largest absolute Gasteiger partial charge is 0.369 e. The van der Waals surface area contributed by atoms with Gasteiger partial charge in [0.05, 0.1) is 10.2 Å². The number of piperazine rings is 1. The predicted octanol–water partition coefficient (Wildman–Crippen LogP) is 4.87. The second-order valence-electron chi connectivity index (χ2n) is 10.6. The summed E-state index contributed by atoms with van der Waals surface area (Å²) in [5, 5.41) is 10.0. The summed E-state index contributed by atoms with van der Waals surface area (Å²) in [5.74, 6) is 3.13. The van der Waals surface area contributed by atoms with E-state index in [1.54, 1.807) is 0 Å². The Morgan fingerprint density at radius 3 is 2.57 bits per heavy atom. The molecule has 0 spiro atoms. The van der Waals surface area contributed by atoms with Crippen LogP contribution in [0.15, 0.2) is 29.6 Å². The molecular weight excluding hydrogens is 506 g/mol. The number of hydrogen-bond acceptors (Lipinski definition) is 9. The van der Waals surface area contributed by atoms with Gasteiger partial charge < -0.3 is 16.0 Å². The molecule has 3 aromatic heterocycles. The lowest BCUT2D eigenvalue weighted by Gasteiger charge is -2.41. The molecule has 2 bridgehead atoms. The number of benzene rings is 1. The standard InChI is InChI=1S/C26H30ClN9S/c1-15-14-37-22-21(15)30-24(27)31-23(22)36-25(28)32-26(33-36)29-18-4-6-19(7-5-18)34-8-10-35(11-9-34)20-13-16-2-3-17(20)12-16/h4-7,14,16-17,20H,2-3,8-13H2,1H3,(H3,28,29,32,33)/t16-,17+,20+/m1/s1. The van der Waals surface area contributed by atoms with Crippen LogP contribution >= 0.6 is 22.9 Å². The summed E-state index contributed by atoms with van der Waals surface area (Å²) in [5.41, 5.74) is 10.2. The molecule has 0 unspecified atom stereocenters. The maximum atomic E-state index is 6.21. The number of nitrogens with two attached hydrogens (primary N) is 1. The van der Waals surface area contributed by atoms with Gasteiger partial charge in [0.25, 0.3) is 0 Å². The first-order valence-corrected chi connectivity index (χ1v) is 14.3. The predicted molar refractivity (Wildman–Crippen MR) is 149 cm³/mol. The maximum Gasteiger partial charge on any atom is 0.248 e. The van der Waals surface area contributed by atoms with Crippen LogP contribution in [0.1, 0.15) is 31.2 Å². The van der Waals surface area contributed by atoms with Crippen LogP contribution < -0.4 is 16.0 Å². The number of aromatic nitrogens is 5. The fourth-order valence-electron chi connectivity index (χ4n) is 6.52. The Kier molecular flexibility index (Phi) is 5.71. The van der Waals surface area contributed by atoms with Crippen molar-refractivity contribution in [3.63, 3.8) is 0 Å². The van der Waals surface area contributed by atoms with Crippen LogP contribution in [0.2, 0.25) is 5.28 Å². The number of fused-ring (bicyclic) bond motifs is 3.